The third-order valence-electron chi connectivity index (χ3n) is 3.57. The number of benzene rings is 2. The highest BCUT2D eigenvalue weighted by molar-refractivity contribution is 6.30. The first kappa shape index (κ1) is 15.2. The minimum Gasteiger partial charge on any atom is -0.326 e. The SMILES string of the molecule is Cc1cc(Cl)ccc1NC(=O)Cc1n[nH]c(=O)c2ccccc12. The quantitative estimate of drug-likeness (QED) is 0.776. The molecule has 0 unspecified atom stereocenters. The van der Waals surface area contributed by atoms with Crippen LogP contribution in [0.15, 0.2) is 47.3 Å². The molecule has 1 amide bonds. The van der Waals surface area contributed by atoms with E-state index in [9.17, 15) is 9.59 Å². The lowest BCUT2D eigenvalue weighted by Crippen LogP contribution is -2.18. The van der Waals surface area contributed by atoms with E-state index >= 15 is 0 Å². The molecule has 0 saturated carbocycles. The van der Waals surface area contributed by atoms with Crippen LogP contribution in [0.3, 0.4) is 0 Å². The van der Waals surface area contributed by atoms with Crippen molar-refractivity contribution in [2.75, 3.05) is 5.32 Å². The van der Waals surface area contributed by atoms with Crippen molar-refractivity contribution in [2.24, 2.45) is 0 Å². The van der Waals surface area contributed by atoms with Crippen LogP contribution in [-0.4, -0.2) is 16.1 Å². The molecule has 3 rings (SSSR count). The third kappa shape index (κ3) is 3.24. The van der Waals surface area contributed by atoms with Crippen LogP contribution in [0.25, 0.3) is 10.8 Å². The standard InChI is InChI=1S/C17H14ClN3O2/c1-10-8-11(18)6-7-14(10)19-16(22)9-15-12-4-2-3-5-13(12)17(23)21-20-15/h2-8H,9H2,1H3,(H,19,22)(H,21,23). The van der Waals surface area contributed by atoms with Crippen molar-refractivity contribution in [2.45, 2.75) is 13.3 Å². The minimum absolute atomic E-state index is 0.0688. The summed E-state index contributed by atoms with van der Waals surface area (Å²) in [4.78, 5) is 24.0. The molecule has 6 heteroatoms. The van der Waals surface area contributed by atoms with Gasteiger partial charge in [-0.15, -0.1) is 0 Å². The highest BCUT2D eigenvalue weighted by Gasteiger charge is 2.11. The fourth-order valence-electron chi connectivity index (χ4n) is 2.42. The summed E-state index contributed by atoms with van der Waals surface area (Å²) in [5.41, 5.74) is 1.85. The Bertz CT molecular complexity index is 950. The summed E-state index contributed by atoms with van der Waals surface area (Å²) in [7, 11) is 0. The molecule has 0 aliphatic carbocycles. The number of anilines is 1. The number of aromatic amines is 1. The van der Waals surface area contributed by atoms with E-state index in [1.54, 1.807) is 36.4 Å². The van der Waals surface area contributed by atoms with Gasteiger partial charge in [0.15, 0.2) is 0 Å². The van der Waals surface area contributed by atoms with Crippen LogP contribution in [0.2, 0.25) is 5.02 Å². The molecule has 1 heterocycles. The number of nitrogens with zero attached hydrogens (tertiary/aromatic N) is 1. The number of aryl methyl sites for hydroxylation is 1. The molecule has 0 atom stereocenters. The van der Waals surface area contributed by atoms with E-state index in [2.05, 4.69) is 15.5 Å². The van der Waals surface area contributed by atoms with Gasteiger partial charge in [-0.1, -0.05) is 29.8 Å². The zero-order valence-corrected chi connectivity index (χ0v) is 13.1. The van der Waals surface area contributed by atoms with E-state index < -0.39 is 0 Å². The van der Waals surface area contributed by atoms with Gasteiger partial charge in [-0.2, -0.15) is 5.10 Å². The molecule has 0 spiro atoms. The average Bonchev–Trinajstić information content (AvgIpc) is 2.53. The second-order valence-corrected chi connectivity index (χ2v) is 5.67. The number of fused-ring (bicyclic) bond motifs is 1. The van der Waals surface area contributed by atoms with Crippen molar-refractivity contribution < 1.29 is 4.79 Å². The van der Waals surface area contributed by atoms with Crippen LogP contribution < -0.4 is 10.9 Å². The molecule has 0 bridgehead atoms. The van der Waals surface area contributed by atoms with E-state index in [4.69, 9.17) is 11.6 Å². The summed E-state index contributed by atoms with van der Waals surface area (Å²) in [6.07, 6.45) is 0.0688. The van der Waals surface area contributed by atoms with Crippen molar-refractivity contribution in [3.8, 4) is 0 Å². The van der Waals surface area contributed by atoms with Crippen LogP contribution in [0, 0.1) is 6.92 Å². The summed E-state index contributed by atoms with van der Waals surface area (Å²) in [5, 5.41) is 11.1. The lowest BCUT2D eigenvalue weighted by atomic mass is 10.1. The van der Waals surface area contributed by atoms with Crippen LogP contribution in [-0.2, 0) is 11.2 Å². The number of halogens is 1. The van der Waals surface area contributed by atoms with E-state index in [0.29, 0.717) is 27.2 Å². The Balaban J connectivity index is 1.86. The van der Waals surface area contributed by atoms with Gasteiger partial charge >= 0.3 is 0 Å². The van der Waals surface area contributed by atoms with Crippen LogP contribution in [0.1, 0.15) is 11.3 Å². The van der Waals surface area contributed by atoms with Gasteiger partial charge < -0.3 is 5.32 Å². The Morgan fingerprint density at radius 1 is 1.22 bits per heavy atom. The first-order valence-corrected chi connectivity index (χ1v) is 7.44. The van der Waals surface area contributed by atoms with Gasteiger partial charge in [-0.25, -0.2) is 5.10 Å². The predicted molar refractivity (Wildman–Crippen MR) is 90.9 cm³/mol. The number of hydrogen-bond donors (Lipinski definition) is 2. The lowest BCUT2D eigenvalue weighted by Gasteiger charge is -2.09. The predicted octanol–water partition coefficient (Wildman–Crippen LogP) is 3.07. The van der Waals surface area contributed by atoms with E-state index in [-0.39, 0.29) is 17.9 Å². The second-order valence-electron chi connectivity index (χ2n) is 5.23. The van der Waals surface area contributed by atoms with Crippen molar-refractivity contribution >= 4 is 34.0 Å². The van der Waals surface area contributed by atoms with Gasteiger partial charge in [0, 0.05) is 16.1 Å². The zero-order valence-electron chi connectivity index (χ0n) is 12.4. The van der Waals surface area contributed by atoms with E-state index in [1.807, 2.05) is 13.0 Å². The molecular formula is C17H14ClN3O2. The largest absolute Gasteiger partial charge is 0.326 e. The van der Waals surface area contributed by atoms with Crippen LogP contribution in [0.5, 0.6) is 0 Å². The normalized spacial score (nSPS) is 10.7. The van der Waals surface area contributed by atoms with Gasteiger partial charge in [0.05, 0.1) is 17.5 Å². The number of aromatic nitrogens is 2. The molecule has 0 saturated heterocycles. The minimum atomic E-state index is -0.265. The molecule has 0 aliphatic heterocycles. The summed E-state index contributed by atoms with van der Waals surface area (Å²) in [5.74, 6) is -0.208. The molecule has 0 fully saturated rings. The summed E-state index contributed by atoms with van der Waals surface area (Å²) in [6.45, 7) is 1.87. The fraction of sp³-hybridized carbons (Fsp3) is 0.118. The van der Waals surface area contributed by atoms with Gasteiger partial charge in [0.1, 0.15) is 0 Å². The Morgan fingerprint density at radius 2 is 1.96 bits per heavy atom. The molecule has 5 nitrogen and oxygen atoms in total. The van der Waals surface area contributed by atoms with Gasteiger partial charge in [0.25, 0.3) is 5.56 Å². The lowest BCUT2D eigenvalue weighted by molar-refractivity contribution is -0.115. The average molecular weight is 328 g/mol. The number of nitrogens with one attached hydrogen (secondary N) is 2. The van der Waals surface area contributed by atoms with Crippen LogP contribution in [0.4, 0.5) is 5.69 Å². The van der Waals surface area contributed by atoms with Gasteiger partial charge in [-0.05, 0) is 36.8 Å². The second kappa shape index (κ2) is 6.22. The summed E-state index contributed by atoms with van der Waals surface area (Å²) >= 11 is 5.91. The number of carbonyl (C=O) groups is 1. The summed E-state index contributed by atoms with van der Waals surface area (Å²) < 4.78 is 0. The molecule has 1 aromatic heterocycles. The fourth-order valence-corrected chi connectivity index (χ4v) is 2.65. The molecule has 116 valence electrons. The molecule has 0 radical (unpaired) electrons. The van der Waals surface area contributed by atoms with Crippen molar-refractivity contribution in [3.63, 3.8) is 0 Å². The van der Waals surface area contributed by atoms with Crippen molar-refractivity contribution in [1.82, 2.24) is 10.2 Å². The molecule has 2 aromatic carbocycles. The monoisotopic (exact) mass is 327 g/mol. The number of amides is 1. The number of rotatable bonds is 3. The Labute approximate surface area is 137 Å². The third-order valence-corrected chi connectivity index (χ3v) is 3.80. The Kier molecular flexibility index (Phi) is 4.12. The van der Waals surface area contributed by atoms with Crippen molar-refractivity contribution in [3.05, 3.63) is 69.1 Å². The molecule has 23 heavy (non-hydrogen) atoms. The molecule has 0 aliphatic rings. The molecule has 3 aromatic rings. The Hall–Kier alpha value is -2.66. The maximum atomic E-state index is 12.3. The van der Waals surface area contributed by atoms with Gasteiger partial charge in [0.2, 0.25) is 5.91 Å². The zero-order chi connectivity index (χ0) is 16.4. The number of H-pyrrole nitrogens is 1. The van der Waals surface area contributed by atoms with Crippen LogP contribution >= 0.6 is 11.6 Å². The molecular weight excluding hydrogens is 314 g/mol. The molecule has 2 N–H and O–H groups in total. The van der Waals surface area contributed by atoms with Gasteiger partial charge in [-0.3, -0.25) is 9.59 Å². The maximum Gasteiger partial charge on any atom is 0.272 e. The number of carbonyl (C=O) groups excluding carboxylic acids is 1. The number of hydrogen-bond acceptors (Lipinski definition) is 3. The first-order chi connectivity index (χ1) is 11.0. The van der Waals surface area contributed by atoms with Crippen molar-refractivity contribution in [1.29, 1.82) is 0 Å². The smallest absolute Gasteiger partial charge is 0.272 e. The maximum absolute atomic E-state index is 12.3. The topological polar surface area (TPSA) is 74.8 Å². The Morgan fingerprint density at radius 3 is 2.70 bits per heavy atom. The highest BCUT2D eigenvalue weighted by atomic mass is 35.5. The van der Waals surface area contributed by atoms with E-state index in [1.165, 1.54) is 0 Å². The summed E-state index contributed by atoms with van der Waals surface area (Å²) in [6, 6.07) is 12.3. The van der Waals surface area contributed by atoms with E-state index in [0.717, 1.165) is 5.56 Å². The highest BCUT2D eigenvalue weighted by Crippen LogP contribution is 2.20. The first-order valence-electron chi connectivity index (χ1n) is 7.07.